The minimum atomic E-state index is -0.565. The van der Waals surface area contributed by atoms with Gasteiger partial charge >= 0.3 is 5.91 Å². The molecule has 0 spiro atoms. The number of hydrogen-bond acceptors (Lipinski definition) is 4. The highest BCUT2D eigenvalue weighted by Crippen LogP contribution is 2.25. The van der Waals surface area contributed by atoms with Crippen molar-refractivity contribution in [2.45, 2.75) is 10.6 Å². The molecule has 7 heteroatoms. The topological polar surface area (TPSA) is 72.4 Å². The van der Waals surface area contributed by atoms with E-state index in [4.69, 9.17) is 5.84 Å². The van der Waals surface area contributed by atoms with Gasteiger partial charge in [-0.2, -0.15) is 0 Å². The fraction of sp³-hybridized carbons (Fsp3) is 0.0667. The van der Waals surface area contributed by atoms with Crippen molar-refractivity contribution in [1.82, 2.24) is 14.8 Å². The lowest BCUT2D eigenvalue weighted by Gasteiger charge is -2.06. The van der Waals surface area contributed by atoms with Crippen molar-refractivity contribution in [3.05, 3.63) is 66.0 Å². The molecule has 0 radical (unpaired) electrons. The van der Waals surface area contributed by atoms with E-state index in [-0.39, 0.29) is 11.3 Å². The smallest absolute Gasteiger partial charge is 0.292 e. The number of benzene rings is 1. The number of nitrogens with one attached hydrogen (secondary N) is 1. The van der Waals surface area contributed by atoms with Crippen molar-refractivity contribution in [2.75, 3.05) is 0 Å². The Morgan fingerprint density at radius 2 is 2.14 bits per heavy atom. The monoisotopic (exact) mass is 316 g/mol. The van der Waals surface area contributed by atoms with Crippen LogP contribution < -0.4 is 11.3 Å². The number of nitrogen functional groups attached to an aromatic ring is 1. The van der Waals surface area contributed by atoms with E-state index in [0.29, 0.717) is 10.6 Å². The van der Waals surface area contributed by atoms with Crippen molar-refractivity contribution < 1.29 is 9.18 Å². The number of amides is 1. The summed E-state index contributed by atoms with van der Waals surface area (Å²) in [5.41, 5.74) is 3.38. The van der Waals surface area contributed by atoms with Gasteiger partial charge in [-0.1, -0.05) is 30.3 Å². The van der Waals surface area contributed by atoms with Gasteiger partial charge in [0.2, 0.25) is 5.82 Å². The van der Waals surface area contributed by atoms with Crippen LogP contribution in [-0.2, 0) is 5.75 Å². The predicted octanol–water partition coefficient (Wildman–Crippen LogP) is 2.37. The molecule has 2 aromatic heterocycles. The summed E-state index contributed by atoms with van der Waals surface area (Å²) in [4.78, 5) is 16.3. The van der Waals surface area contributed by atoms with E-state index in [2.05, 4.69) is 4.98 Å². The van der Waals surface area contributed by atoms with E-state index in [1.54, 1.807) is 6.20 Å². The standard InChI is InChI=1S/C15H13FN4OS/c16-12-6-11(22-9-10-4-2-1-3-5-10)8-20-13(12)7-18-14(20)15(21)19-17/h1-8H,9,17H2,(H,19,21). The molecule has 0 unspecified atom stereocenters. The lowest BCUT2D eigenvalue weighted by Crippen LogP contribution is -2.31. The number of thioether (sulfide) groups is 1. The van der Waals surface area contributed by atoms with Crippen LogP contribution in [0.2, 0.25) is 0 Å². The largest absolute Gasteiger partial charge is 0.301 e. The summed E-state index contributed by atoms with van der Waals surface area (Å²) in [5, 5.41) is 0. The molecule has 0 aliphatic rings. The predicted molar refractivity (Wildman–Crippen MR) is 82.8 cm³/mol. The summed E-state index contributed by atoms with van der Waals surface area (Å²) in [6.07, 6.45) is 3.00. The quantitative estimate of drug-likeness (QED) is 0.335. The zero-order valence-corrected chi connectivity index (χ0v) is 12.3. The van der Waals surface area contributed by atoms with Crippen LogP contribution in [0.1, 0.15) is 16.2 Å². The number of fused-ring (bicyclic) bond motifs is 1. The third-order valence-corrected chi connectivity index (χ3v) is 4.18. The first kappa shape index (κ1) is 14.6. The number of halogens is 1. The first-order valence-corrected chi connectivity index (χ1v) is 7.52. The summed E-state index contributed by atoms with van der Waals surface area (Å²) >= 11 is 1.48. The molecule has 1 aromatic carbocycles. The lowest BCUT2D eigenvalue weighted by molar-refractivity contribution is 0.0942. The average Bonchev–Trinajstić information content (AvgIpc) is 2.97. The molecule has 3 rings (SSSR count). The normalized spacial score (nSPS) is 10.8. The minimum Gasteiger partial charge on any atom is -0.292 e. The van der Waals surface area contributed by atoms with Crippen molar-refractivity contribution in [3.63, 3.8) is 0 Å². The van der Waals surface area contributed by atoms with Crippen molar-refractivity contribution in [3.8, 4) is 0 Å². The molecule has 3 aromatic rings. The van der Waals surface area contributed by atoms with Gasteiger partial charge in [0, 0.05) is 16.8 Å². The number of pyridine rings is 1. The van der Waals surface area contributed by atoms with E-state index in [0.717, 1.165) is 5.56 Å². The molecule has 3 N–H and O–H groups in total. The van der Waals surface area contributed by atoms with Crippen molar-refractivity contribution in [2.24, 2.45) is 5.84 Å². The maximum Gasteiger partial charge on any atom is 0.301 e. The number of imidazole rings is 1. The zero-order chi connectivity index (χ0) is 15.5. The molecule has 5 nitrogen and oxygen atoms in total. The maximum absolute atomic E-state index is 14.1. The second-order valence-corrected chi connectivity index (χ2v) is 5.66. The SMILES string of the molecule is NNC(=O)c1ncc2c(F)cc(SCc3ccccc3)cn12. The number of hydrazine groups is 1. The molecular formula is C15H13FN4OS. The third kappa shape index (κ3) is 2.81. The van der Waals surface area contributed by atoms with E-state index in [1.165, 1.54) is 28.4 Å². The van der Waals surface area contributed by atoms with Crippen molar-refractivity contribution >= 4 is 23.2 Å². The molecule has 22 heavy (non-hydrogen) atoms. The molecule has 112 valence electrons. The van der Waals surface area contributed by atoms with E-state index in [9.17, 15) is 9.18 Å². The van der Waals surface area contributed by atoms with Gasteiger partial charge < -0.3 is 0 Å². The summed E-state index contributed by atoms with van der Waals surface area (Å²) in [6, 6.07) is 11.3. The van der Waals surface area contributed by atoms with Crippen LogP contribution in [-0.4, -0.2) is 15.3 Å². The Labute approximate surface area is 130 Å². The number of hydrogen-bond donors (Lipinski definition) is 2. The first-order valence-electron chi connectivity index (χ1n) is 6.53. The van der Waals surface area contributed by atoms with Crippen LogP contribution in [0.4, 0.5) is 4.39 Å². The van der Waals surface area contributed by atoms with Crippen LogP contribution in [0.3, 0.4) is 0 Å². The van der Waals surface area contributed by atoms with E-state index in [1.807, 2.05) is 35.8 Å². The highest BCUT2D eigenvalue weighted by molar-refractivity contribution is 7.98. The highest BCUT2D eigenvalue weighted by atomic mass is 32.2. The fourth-order valence-electron chi connectivity index (χ4n) is 2.08. The zero-order valence-electron chi connectivity index (χ0n) is 11.5. The summed E-state index contributed by atoms with van der Waals surface area (Å²) in [6.45, 7) is 0. The Hall–Kier alpha value is -2.38. The molecule has 1 amide bonds. The average molecular weight is 316 g/mol. The highest BCUT2D eigenvalue weighted by Gasteiger charge is 2.15. The van der Waals surface area contributed by atoms with Gasteiger partial charge in [0.1, 0.15) is 11.3 Å². The Bertz CT molecular complexity index is 819. The van der Waals surface area contributed by atoms with E-state index < -0.39 is 11.7 Å². The third-order valence-electron chi connectivity index (χ3n) is 3.15. The lowest BCUT2D eigenvalue weighted by atomic mass is 10.2. The van der Waals surface area contributed by atoms with Crippen LogP contribution in [0, 0.1) is 5.82 Å². The molecule has 0 fully saturated rings. The second-order valence-electron chi connectivity index (χ2n) is 4.61. The van der Waals surface area contributed by atoms with Gasteiger partial charge in [0.15, 0.2) is 0 Å². The molecule has 0 bridgehead atoms. The number of nitrogens with two attached hydrogens (primary N) is 1. The number of aromatic nitrogens is 2. The van der Waals surface area contributed by atoms with Gasteiger partial charge in [-0.25, -0.2) is 15.2 Å². The van der Waals surface area contributed by atoms with Crippen LogP contribution in [0.15, 0.2) is 53.7 Å². The van der Waals surface area contributed by atoms with Gasteiger partial charge in [-0.05, 0) is 11.6 Å². The molecule has 0 aliphatic heterocycles. The number of rotatable bonds is 4. The van der Waals surface area contributed by atoms with Crippen LogP contribution in [0.25, 0.3) is 5.52 Å². The minimum absolute atomic E-state index is 0.0542. The molecule has 0 saturated carbocycles. The Morgan fingerprint density at radius 3 is 2.86 bits per heavy atom. The first-order chi connectivity index (χ1) is 10.7. The van der Waals surface area contributed by atoms with Crippen LogP contribution >= 0.6 is 11.8 Å². The summed E-state index contributed by atoms with van der Waals surface area (Å²) in [7, 11) is 0. The molecule has 0 saturated heterocycles. The van der Waals surface area contributed by atoms with E-state index >= 15 is 0 Å². The summed E-state index contributed by atoms with van der Waals surface area (Å²) in [5.74, 6) is 4.88. The number of nitrogens with zero attached hydrogens (tertiary/aromatic N) is 2. The molecule has 0 aliphatic carbocycles. The van der Waals surface area contributed by atoms with Gasteiger partial charge in [0.05, 0.1) is 6.20 Å². The van der Waals surface area contributed by atoms with Gasteiger partial charge in [0.25, 0.3) is 0 Å². The Balaban J connectivity index is 1.92. The second kappa shape index (κ2) is 6.17. The summed E-state index contributed by atoms with van der Waals surface area (Å²) < 4.78 is 15.5. The van der Waals surface area contributed by atoms with Gasteiger partial charge in [-0.3, -0.25) is 14.6 Å². The fourth-order valence-corrected chi connectivity index (χ4v) is 2.98. The molecular weight excluding hydrogens is 303 g/mol. The molecule has 0 atom stereocenters. The number of carbonyl (C=O) groups is 1. The van der Waals surface area contributed by atoms with Crippen LogP contribution in [0.5, 0.6) is 0 Å². The number of carbonyl (C=O) groups excluding carboxylic acids is 1. The molecule has 2 heterocycles. The Kier molecular flexibility index (Phi) is 4.08. The maximum atomic E-state index is 14.1. The van der Waals surface area contributed by atoms with Gasteiger partial charge in [-0.15, -0.1) is 11.8 Å². The van der Waals surface area contributed by atoms with Crippen molar-refractivity contribution in [1.29, 1.82) is 0 Å². The Morgan fingerprint density at radius 1 is 1.36 bits per heavy atom.